The summed E-state index contributed by atoms with van der Waals surface area (Å²) in [5.41, 5.74) is 4.90. The van der Waals surface area contributed by atoms with Crippen molar-refractivity contribution >= 4 is 16.0 Å². The molecule has 0 atom stereocenters. The molecule has 1 aromatic rings. The van der Waals surface area contributed by atoms with Crippen molar-refractivity contribution in [3.63, 3.8) is 0 Å². The largest absolute Gasteiger partial charge is 0.465 e. The second-order valence-corrected chi connectivity index (χ2v) is 6.83. The Hall–Kier alpha value is -1.38. The van der Waals surface area contributed by atoms with Crippen LogP contribution < -0.4 is 10.5 Å². The Bertz CT molecular complexity index is 636. The normalized spacial score (nSPS) is 12.5. The molecule has 0 amide bonds. The van der Waals surface area contributed by atoms with Gasteiger partial charge in [-0.1, -0.05) is 13.8 Å². The van der Waals surface area contributed by atoms with Crippen molar-refractivity contribution in [2.24, 2.45) is 5.73 Å². The third kappa shape index (κ3) is 3.34. The summed E-state index contributed by atoms with van der Waals surface area (Å²) in [6.07, 6.45) is 1.06. The number of carbonyl (C=O) groups excluding carboxylic acids is 1. The van der Waals surface area contributed by atoms with Crippen molar-refractivity contribution < 1.29 is 22.4 Å². The number of hydrogen-bond acceptors (Lipinski definition) is 6. The molecule has 0 bridgehead atoms. The summed E-state index contributed by atoms with van der Waals surface area (Å²) in [7, 11) is -2.78. The minimum absolute atomic E-state index is 0.0781. The number of sulfonamides is 1. The van der Waals surface area contributed by atoms with Crippen LogP contribution in [0.5, 0.6) is 0 Å². The minimum atomic E-state index is -3.97. The summed E-state index contributed by atoms with van der Waals surface area (Å²) < 4.78 is 38.1. The molecule has 1 rings (SSSR count). The number of ether oxygens (including phenoxy) is 1. The number of carbonyl (C=O) groups is 1. The summed E-state index contributed by atoms with van der Waals surface area (Å²) in [6, 6.07) is 0. The Morgan fingerprint density at radius 2 is 1.82 bits per heavy atom. The standard InChI is InChI=1S/C14H24N2O5S/c1-6-14(7-2,8-15)16-22(18,19)12-10(4)21-9(3)11(12)13(17)20-5/h16H,6-8,15H2,1-5H3. The Balaban J connectivity index is 3.44. The Labute approximate surface area is 131 Å². The molecule has 0 fully saturated rings. The first kappa shape index (κ1) is 18.7. The summed E-state index contributed by atoms with van der Waals surface area (Å²) in [6.45, 7) is 6.88. The number of hydrogen-bond donors (Lipinski definition) is 2. The fourth-order valence-electron chi connectivity index (χ4n) is 2.39. The predicted octanol–water partition coefficient (Wildman–Crippen LogP) is 1.48. The Morgan fingerprint density at radius 3 is 2.23 bits per heavy atom. The quantitative estimate of drug-likeness (QED) is 0.732. The van der Waals surface area contributed by atoms with E-state index in [0.29, 0.717) is 12.8 Å². The number of nitrogens with two attached hydrogens (primary N) is 1. The third-order valence-corrected chi connectivity index (χ3v) is 5.69. The molecule has 0 saturated heterocycles. The van der Waals surface area contributed by atoms with Crippen LogP contribution in [0.3, 0.4) is 0 Å². The minimum Gasteiger partial charge on any atom is -0.465 e. The van der Waals surface area contributed by atoms with Crippen molar-refractivity contribution in [2.45, 2.75) is 51.0 Å². The van der Waals surface area contributed by atoms with Gasteiger partial charge in [0.15, 0.2) is 0 Å². The van der Waals surface area contributed by atoms with Crippen molar-refractivity contribution in [2.75, 3.05) is 13.7 Å². The number of esters is 1. The highest BCUT2D eigenvalue weighted by Crippen LogP contribution is 2.29. The monoisotopic (exact) mass is 332 g/mol. The van der Waals surface area contributed by atoms with Gasteiger partial charge in [-0.25, -0.2) is 17.9 Å². The van der Waals surface area contributed by atoms with Gasteiger partial charge in [-0.15, -0.1) is 0 Å². The van der Waals surface area contributed by atoms with Crippen LogP contribution in [0, 0.1) is 13.8 Å². The van der Waals surface area contributed by atoms with Crippen LogP contribution in [-0.4, -0.2) is 33.6 Å². The van der Waals surface area contributed by atoms with Gasteiger partial charge >= 0.3 is 5.97 Å². The molecule has 0 aliphatic rings. The van der Waals surface area contributed by atoms with E-state index in [4.69, 9.17) is 10.2 Å². The maximum atomic E-state index is 12.8. The van der Waals surface area contributed by atoms with Gasteiger partial charge < -0.3 is 14.9 Å². The maximum absolute atomic E-state index is 12.8. The zero-order valence-corrected chi connectivity index (χ0v) is 14.5. The van der Waals surface area contributed by atoms with Crippen LogP contribution >= 0.6 is 0 Å². The summed E-state index contributed by atoms with van der Waals surface area (Å²) in [5, 5.41) is 0. The van der Waals surface area contributed by atoms with Crippen molar-refractivity contribution in [3.8, 4) is 0 Å². The highest BCUT2D eigenvalue weighted by molar-refractivity contribution is 7.89. The average Bonchev–Trinajstić information content (AvgIpc) is 2.79. The SMILES string of the molecule is CCC(CC)(CN)NS(=O)(=O)c1c(C)oc(C)c1C(=O)OC. The van der Waals surface area contributed by atoms with Crippen molar-refractivity contribution in [1.29, 1.82) is 0 Å². The highest BCUT2D eigenvalue weighted by Gasteiger charge is 2.37. The van der Waals surface area contributed by atoms with Crippen LogP contribution in [0.4, 0.5) is 0 Å². The van der Waals surface area contributed by atoms with E-state index in [1.807, 2.05) is 13.8 Å². The van der Waals surface area contributed by atoms with Gasteiger partial charge in [-0.3, -0.25) is 0 Å². The summed E-state index contributed by atoms with van der Waals surface area (Å²) in [5.74, 6) is -0.402. The zero-order valence-electron chi connectivity index (χ0n) is 13.6. The number of rotatable bonds is 7. The van der Waals surface area contributed by atoms with Gasteiger partial charge in [0, 0.05) is 12.1 Å². The molecular weight excluding hydrogens is 308 g/mol. The molecule has 0 aliphatic heterocycles. The first-order valence-electron chi connectivity index (χ1n) is 7.10. The van der Waals surface area contributed by atoms with Gasteiger partial charge in [0.2, 0.25) is 10.0 Å². The molecule has 1 aromatic heterocycles. The van der Waals surface area contributed by atoms with Gasteiger partial charge in [-0.2, -0.15) is 0 Å². The van der Waals surface area contributed by atoms with E-state index in [1.54, 1.807) is 0 Å². The molecule has 126 valence electrons. The molecule has 0 aromatic carbocycles. The van der Waals surface area contributed by atoms with Gasteiger partial charge in [0.1, 0.15) is 22.0 Å². The Kier molecular flexibility index (Phi) is 5.77. The maximum Gasteiger partial charge on any atom is 0.342 e. The molecule has 22 heavy (non-hydrogen) atoms. The Morgan fingerprint density at radius 1 is 1.27 bits per heavy atom. The predicted molar refractivity (Wildman–Crippen MR) is 82.2 cm³/mol. The van der Waals surface area contributed by atoms with Crippen molar-refractivity contribution in [3.05, 3.63) is 17.1 Å². The molecule has 0 aliphatic carbocycles. The average molecular weight is 332 g/mol. The molecule has 0 unspecified atom stereocenters. The van der Waals surface area contributed by atoms with Crippen LogP contribution in [0.25, 0.3) is 0 Å². The number of aryl methyl sites for hydroxylation is 2. The second kappa shape index (κ2) is 6.80. The zero-order chi connectivity index (χ0) is 17.1. The second-order valence-electron chi connectivity index (χ2n) is 5.21. The van der Waals surface area contributed by atoms with Crippen LogP contribution in [0.15, 0.2) is 9.31 Å². The van der Waals surface area contributed by atoms with E-state index >= 15 is 0 Å². The lowest BCUT2D eigenvalue weighted by Crippen LogP contribution is -2.52. The molecular formula is C14H24N2O5S. The molecule has 0 spiro atoms. The molecule has 1 heterocycles. The molecule has 7 nitrogen and oxygen atoms in total. The van der Waals surface area contributed by atoms with Crippen LogP contribution in [0.2, 0.25) is 0 Å². The molecule has 0 saturated carbocycles. The molecule has 3 N–H and O–H groups in total. The lowest BCUT2D eigenvalue weighted by atomic mass is 9.95. The molecule has 0 radical (unpaired) electrons. The molecule has 8 heteroatoms. The fourth-order valence-corrected chi connectivity index (χ4v) is 4.35. The fraction of sp³-hybridized carbons (Fsp3) is 0.643. The van der Waals surface area contributed by atoms with Gasteiger partial charge in [-0.05, 0) is 26.7 Å². The van der Waals surface area contributed by atoms with Crippen LogP contribution in [0.1, 0.15) is 48.6 Å². The van der Waals surface area contributed by atoms with Crippen LogP contribution in [-0.2, 0) is 14.8 Å². The number of nitrogens with one attached hydrogen (secondary N) is 1. The first-order valence-corrected chi connectivity index (χ1v) is 8.58. The van der Waals surface area contributed by atoms with E-state index in [2.05, 4.69) is 9.46 Å². The first-order chi connectivity index (χ1) is 10.2. The van der Waals surface area contributed by atoms with E-state index in [0.717, 1.165) is 0 Å². The summed E-state index contributed by atoms with van der Waals surface area (Å²) in [4.78, 5) is 11.7. The lowest BCUT2D eigenvalue weighted by Gasteiger charge is -2.30. The summed E-state index contributed by atoms with van der Waals surface area (Å²) >= 11 is 0. The van der Waals surface area contributed by atoms with E-state index in [-0.39, 0.29) is 28.5 Å². The van der Waals surface area contributed by atoms with E-state index < -0.39 is 21.5 Å². The van der Waals surface area contributed by atoms with E-state index in [1.165, 1.54) is 21.0 Å². The third-order valence-electron chi connectivity index (χ3n) is 3.96. The lowest BCUT2D eigenvalue weighted by molar-refractivity contribution is 0.0594. The van der Waals surface area contributed by atoms with Crippen molar-refractivity contribution in [1.82, 2.24) is 4.72 Å². The number of methoxy groups -OCH3 is 1. The topological polar surface area (TPSA) is 112 Å². The van der Waals surface area contributed by atoms with E-state index in [9.17, 15) is 13.2 Å². The smallest absolute Gasteiger partial charge is 0.342 e. The highest BCUT2D eigenvalue weighted by atomic mass is 32.2. The van der Waals surface area contributed by atoms with Gasteiger partial charge in [0.25, 0.3) is 0 Å². The number of furan rings is 1. The van der Waals surface area contributed by atoms with Gasteiger partial charge in [0.05, 0.1) is 7.11 Å².